The van der Waals surface area contributed by atoms with Crippen LogP contribution < -0.4 is 10.1 Å². The Hall–Kier alpha value is -2.37. The van der Waals surface area contributed by atoms with Crippen molar-refractivity contribution >= 4 is 24.0 Å². The summed E-state index contributed by atoms with van der Waals surface area (Å²) >= 11 is 0. The van der Waals surface area contributed by atoms with Crippen molar-refractivity contribution < 1.29 is 24.2 Å². The lowest BCUT2D eigenvalue weighted by Crippen LogP contribution is -2.07. The molecule has 0 radical (unpaired) electrons. The molecule has 0 spiro atoms. The third-order valence-electron chi connectivity index (χ3n) is 1.66. The van der Waals surface area contributed by atoms with Gasteiger partial charge >= 0.3 is 5.97 Å². The molecule has 1 aromatic carbocycles. The molecule has 0 aromatic heterocycles. The fourth-order valence-electron chi connectivity index (χ4n) is 1.12. The van der Waals surface area contributed by atoms with Crippen LogP contribution in [0.1, 0.15) is 17.3 Å². The number of anilines is 1. The van der Waals surface area contributed by atoms with Crippen molar-refractivity contribution in [3.8, 4) is 5.75 Å². The lowest BCUT2D eigenvalue weighted by Gasteiger charge is -2.06. The summed E-state index contributed by atoms with van der Waals surface area (Å²) in [5.41, 5.74) is 0.173. The lowest BCUT2D eigenvalue weighted by molar-refractivity contribution is -0.120. The quantitative estimate of drug-likeness (QED) is 0.739. The predicted octanol–water partition coefficient (Wildman–Crippen LogP) is 0.878. The van der Waals surface area contributed by atoms with Gasteiger partial charge in [0, 0.05) is 18.7 Å². The van der Waals surface area contributed by atoms with E-state index < -0.39 is 5.97 Å². The van der Waals surface area contributed by atoms with Crippen molar-refractivity contribution in [2.24, 2.45) is 0 Å². The molecule has 0 saturated carbocycles. The summed E-state index contributed by atoms with van der Waals surface area (Å²) in [6.45, 7) is 1.46. The monoisotopic (exact) mass is 223 g/mol. The number of ether oxygens (including phenoxy) is 1. The van der Waals surface area contributed by atoms with Crippen molar-refractivity contribution in [3.63, 3.8) is 0 Å². The summed E-state index contributed by atoms with van der Waals surface area (Å²) in [6.07, 6.45) is 0. The molecule has 0 saturated heterocycles. The fraction of sp³-hybridized carbons (Fsp3) is 0.100. The highest BCUT2D eigenvalue weighted by atomic mass is 16.5. The van der Waals surface area contributed by atoms with Gasteiger partial charge in [0.15, 0.2) is 0 Å². The van der Waals surface area contributed by atoms with Gasteiger partial charge in [-0.3, -0.25) is 9.59 Å². The molecule has 0 atom stereocenters. The second-order valence-electron chi connectivity index (χ2n) is 2.95. The van der Waals surface area contributed by atoms with Crippen LogP contribution in [0.25, 0.3) is 0 Å². The van der Waals surface area contributed by atoms with Gasteiger partial charge in [-0.25, -0.2) is 4.79 Å². The maximum atomic E-state index is 10.8. The molecular weight excluding hydrogens is 214 g/mol. The predicted molar refractivity (Wildman–Crippen MR) is 54.4 cm³/mol. The van der Waals surface area contributed by atoms with Gasteiger partial charge in [-0.2, -0.15) is 0 Å². The summed E-state index contributed by atoms with van der Waals surface area (Å²) in [7, 11) is 0. The molecule has 0 aliphatic carbocycles. The van der Waals surface area contributed by atoms with Crippen molar-refractivity contribution in [3.05, 3.63) is 23.8 Å². The van der Waals surface area contributed by atoms with Gasteiger partial charge in [-0.1, -0.05) is 0 Å². The van der Waals surface area contributed by atoms with Gasteiger partial charge < -0.3 is 15.2 Å². The van der Waals surface area contributed by atoms with E-state index in [-0.39, 0.29) is 29.4 Å². The highest BCUT2D eigenvalue weighted by Crippen LogP contribution is 2.20. The summed E-state index contributed by atoms with van der Waals surface area (Å²) in [6, 6.07) is 3.80. The van der Waals surface area contributed by atoms with Crippen LogP contribution in [0.4, 0.5) is 5.69 Å². The second kappa shape index (κ2) is 4.92. The van der Waals surface area contributed by atoms with Crippen LogP contribution in [0, 0.1) is 0 Å². The largest absolute Gasteiger partial charge is 0.478 e. The molecule has 16 heavy (non-hydrogen) atoms. The Balaban J connectivity index is 3.12. The molecule has 2 N–H and O–H groups in total. The van der Waals surface area contributed by atoms with Crippen LogP contribution in [0.15, 0.2) is 18.2 Å². The fourth-order valence-corrected chi connectivity index (χ4v) is 1.12. The molecule has 0 fully saturated rings. The molecule has 6 heteroatoms. The Labute approximate surface area is 90.8 Å². The summed E-state index contributed by atoms with van der Waals surface area (Å²) < 4.78 is 4.52. The molecule has 0 aliphatic rings. The summed E-state index contributed by atoms with van der Waals surface area (Å²) in [4.78, 5) is 31.7. The number of carboxylic acid groups (broad SMARTS) is 1. The zero-order valence-electron chi connectivity index (χ0n) is 8.39. The van der Waals surface area contributed by atoms with Crippen LogP contribution in [-0.2, 0) is 9.59 Å². The zero-order valence-corrected chi connectivity index (χ0v) is 8.39. The molecular formula is C10H9NO5. The van der Waals surface area contributed by atoms with Crippen LogP contribution in [0.2, 0.25) is 0 Å². The highest BCUT2D eigenvalue weighted by molar-refractivity contribution is 5.93. The van der Waals surface area contributed by atoms with Gasteiger partial charge in [-0.05, 0) is 12.1 Å². The van der Waals surface area contributed by atoms with Gasteiger partial charge in [0.05, 0.1) is 5.56 Å². The minimum absolute atomic E-state index is 0.0543. The number of amides is 1. The Bertz CT molecular complexity index is 441. The molecule has 6 nitrogen and oxygen atoms in total. The first kappa shape index (κ1) is 11.7. The maximum Gasteiger partial charge on any atom is 0.335 e. The van der Waals surface area contributed by atoms with E-state index in [1.165, 1.54) is 25.1 Å². The Kier molecular flexibility index (Phi) is 3.60. The average Bonchev–Trinajstić information content (AvgIpc) is 2.16. The lowest BCUT2D eigenvalue weighted by atomic mass is 10.2. The Morgan fingerprint density at radius 3 is 2.56 bits per heavy atom. The van der Waals surface area contributed by atoms with Crippen molar-refractivity contribution in [1.82, 2.24) is 0 Å². The number of nitrogens with one attached hydrogen (secondary N) is 1. The minimum atomic E-state index is -1.18. The molecule has 1 rings (SSSR count). The van der Waals surface area contributed by atoms with E-state index in [0.717, 1.165) is 0 Å². The average molecular weight is 223 g/mol. The van der Waals surface area contributed by atoms with Crippen molar-refractivity contribution in [2.45, 2.75) is 6.92 Å². The molecule has 0 bridgehead atoms. The van der Waals surface area contributed by atoms with Crippen LogP contribution in [-0.4, -0.2) is 23.5 Å². The maximum absolute atomic E-state index is 10.8. The number of benzene rings is 1. The number of aromatic carboxylic acids is 1. The normalized spacial score (nSPS) is 9.31. The van der Waals surface area contributed by atoms with Crippen molar-refractivity contribution in [2.75, 3.05) is 5.32 Å². The number of hydrogen-bond donors (Lipinski definition) is 2. The third kappa shape index (κ3) is 3.09. The smallest absolute Gasteiger partial charge is 0.335 e. The number of carboxylic acids is 1. The van der Waals surface area contributed by atoms with Gasteiger partial charge in [0.1, 0.15) is 5.75 Å². The number of hydrogen-bond acceptors (Lipinski definition) is 4. The van der Waals surface area contributed by atoms with E-state index in [1.807, 2.05) is 0 Å². The second-order valence-corrected chi connectivity index (χ2v) is 2.95. The number of carbonyl (C=O) groups is 3. The topological polar surface area (TPSA) is 92.7 Å². The Morgan fingerprint density at radius 2 is 2.06 bits per heavy atom. The van der Waals surface area contributed by atoms with E-state index in [0.29, 0.717) is 0 Å². The number of carbonyl (C=O) groups excluding carboxylic acids is 2. The number of rotatable bonds is 4. The zero-order chi connectivity index (χ0) is 12.1. The molecule has 1 aromatic rings. The van der Waals surface area contributed by atoms with E-state index in [1.54, 1.807) is 0 Å². The van der Waals surface area contributed by atoms with Crippen molar-refractivity contribution in [1.29, 1.82) is 0 Å². The molecule has 1 amide bonds. The van der Waals surface area contributed by atoms with Gasteiger partial charge in [0.2, 0.25) is 5.91 Å². The molecule has 84 valence electrons. The minimum Gasteiger partial charge on any atom is -0.478 e. The molecule has 0 unspecified atom stereocenters. The summed E-state index contributed by atoms with van der Waals surface area (Å²) in [5.74, 6) is -1.47. The van der Waals surface area contributed by atoms with Crippen LogP contribution in [0.5, 0.6) is 5.75 Å². The van der Waals surface area contributed by atoms with E-state index in [2.05, 4.69) is 10.1 Å². The van der Waals surface area contributed by atoms with E-state index in [9.17, 15) is 14.4 Å². The highest BCUT2D eigenvalue weighted by Gasteiger charge is 2.08. The summed E-state index contributed by atoms with van der Waals surface area (Å²) in [5, 5.41) is 11.2. The standard InChI is InChI=1S/C10H9NO5/c1-6(13)11-8-2-7(10(14)15)3-9(4-8)16-5-12/h2-5H,1H3,(H,11,13)(H,14,15). The first-order chi connectivity index (χ1) is 7.52. The molecule has 0 heterocycles. The van der Waals surface area contributed by atoms with Crippen LogP contribution >= 0.6 is 0 Å². The third-order valence-corrected chi connectivity index (χ3v) is 1.66. The SMILES string of the molecule is CC(=O)Nc1cc(OC=O)cc(C(=O)O)c1. The van der Waals surface area contributed by atoms with E-state index in [4.69, 9.17) is 5.11 Å². The molecule has 0 aliphatic heterocycles. The van der Waals surface area contributed by atoms with Crippen LogP contribution in [0.3, 0.4) is 0 Å². The Morgan fingerprint density at radius 1 is 1.38 bits per heavy atom. The van der Waals surface area contributed by atoms with Gasteiger partial charge in [0.25, 0.3) is 6.47 Å². The first-order valence-electron chi connectivity index (χ1n) is 4.29. The first-order valence-corrected chi connectivity index (χ1v) is 4.29. The van der Waals surface area contributed by atoms with E-state index >= 15 is 0 Å². The van der Waals surface area contributed by atoms with Gasteiger partial charge in [-0.15, -0.1) is 0 Å².